The van der Waals surface area contributed by atoms with Gasteiger partial charge in [-0.1, -0.05) is 13.8 Å². The van der Waals surface area contributed by atoms with Gasteiger partial charge in [0, 0.05) is 294 Å². The molecule has 0 saturated carbocycles. The molecule has 0 spiro atoms. The van der Waals surface area contributed by atoms with Crippen LogP contribution >= 0.6 is 0 Å². The van der Waals surface area contributed by atoms with E-state index in [2.05, 4.69) is 6.92 Å². The van der Waals surface area contributed by atoms with Crippen LogP contribution in [0.2, 0.25) is 0 Å². The van der Waals surface area contributed by atoms with Crippen molar-refractivity contribution < 1.29 is 294 Å². The van der Waals surface area contributed by atoms with Crippen LogP contribution in [0.4, 0.5) is 0 Å². The zero-order valence-electron chi connectivity index (χ0n) is 11.9. The molecule has 0 aromatic carbocycles. The summed E-state index contributed by atoms with van der Waals surface area (Å²) in [4.78, 5) is 0. The Morgan fingerprint density at radius 3 is 0.375 bits per heavy atom. The molecule has 0 aliphatic heterocycles. The molecule has 0 bridgehead atoms. The van der Waals surface area contributed by atoms with Gasteiger partial charge in [-0.15, -0.1) is 0 Å². The Kier molecular flexibility index (Phi) is 1020. The van der Waals surface area contributed by atoms with E-state index in [9.17, 15) is 0 Å². The van der Waals surface area contributed by atoms with Crippen LogP contribution in [0.3, 0.4) is 0 Å². The Morgan fingerprint density at radius 1 is 0.375 bits per heavy atom. The van der Waals surface area contributed by atoms with Crippen LogP contribution in [-0.2, 0) is 294 Å². The van der Waals surface area contributed by atoms with E-state index in [1.54, 1.807) is 6.92 Å². The monoisotopic (exact) mass is 904 g/mol. The predicted octanol–water partition coefficient (Wildman–Crippen LogP) is 3.19. The third-order valence-corrected chi connectivity index (χ3v) is 0. The summed E-state index contributed by atoms with van der Waals surface area (Å²) in [6.07, 6.45) is 0. The third kappa shape index (κ3) is 128. The molecule has 9 heteroatoms. The summed E-state index contributed by atoms with van der Waals surface area (Å²) in [5.41, 5.74) is 0. The molecule has 0 aliphatic rings. The fourth-order valence-electron chi connectivity index (χ4n) is 0. The van der Waals surface area contributed by atoms with Gasteiger partial charge >= 0.3 is 0 Å². The second-order valence-corrected chi connectivity index (χ2v) is 0. The molecule has 0 atom stereocenters. The van der Waals surface area contributed by atoms with Crippen molar-refractivity contribution in [3.8, 4) is 0 Å². The molecule has 0 aromatic heterocycles. The molecule has 0 N–H and O–H groups in total. The molecule has 0 nitrogen and oxygen atoms in total. The van der Waals surface area contributed by atoms with Crippen LogP contribution in [0.5, 0.6) is 0 Å². The fourth-order valence-corrected chi connectivity index (χ4v) is 0. The van der Waals surface area contributed by atoms with Gasteiger partial charge in [0.1, 0.15) is 0 Å². The van der Waals surface area contributed by atoms with Gasteiger partial charge in [0.15, 0.2) is 0 Å². The summed E-state index contributed by atoms with van der Waals surface area (Å²) in [6, 6.07) is 0. The molecule has 0 rings (SSSR count). The van der Waals surface area contributed by atoms with Crippen LogP contribution < -0.4 is 0 Å². The average Bonchev–Trinajstić information content (AvgIpc) is 1.50. The fraction of sp³-hybridized carbons (Fsp3) is 0.429. The van der Waals surface area contributed by atoms with Gasteiger partial charge in [0.25, 0.3) is 0 Å². The Labute approximate surface area is 333 Å². The van der Waals surface area contributed by atoms with E-state index in [1.165, 1.54) is 0 Å². The van der Waals surface area contributed by atoms with E-state index in [-0.39, 0.29) is 317 Å². The minimum Gasteiger partial charge on any atom is -0.358 e. The second kappa shape index (κ2) is 145. The summed E-state index contributed by atoms with van der Waals surface area (Å²) in [6.45, 7) is 9.00. The van der Waals surface area contributed by atoms with Crippen molar-refractivity contribution in [1.29, 1.82) is 0 Å². The van der Waals surface area contributed by atoms with Crippen LogP contribution in [0.15, 0.2) is 0 Å². The number of hydrogen-bond donors (Lipinski definition) is 0. The van der Waals surface area contributed by atoms with Gasteiger partial charge in [-0.3, -0.25) is 0 Å². The molecule has 79 valence electrons. The smallest absolute Gasteiger partial charge is 0 e. The van der Waals surface area contributed by atoms with Gasteiger partial charge < -0.3 is 29.2 Å². The summed E-state index contributed by atoms with van der Waals surface area (Å²) >= 11 is 0. The van der Waals surface area contributed by atoms with Crippen molar-refractivity contribution in [3.63, 3.8) is 0 Å². The summed E-state index contributed by atoms with van der Waals surface area (Å²) < 4.78 is 0. The van der Waals surface area contributed by atoms with E-state index in [1.807, 2.05) is 13.8 Å². The molecule has 0 heterocycles. The van der Waals surface area contributed by atoms with Gasteiger partial charge in [-0.25, -0.2) is 0 Å². The zero-order valence-corrected chi connectivity index (χ0v) is 37.4. The van der Waals surface area contributed by atoms with Crippen molar-refractivity contribution in [2.75, 3.05) is 0 Å². The van der Waals surface area contributed by atoms with E-state index in [0.29, 0.717) is 0 Å². The SMILES string of the molecule is CC.[CH2-]C.[CH3-].[CH3-].[CH3-].[Y].[Y].[Y].[Y].[Y].[Y].[Y].[Y].[Y]. The molecule has 0 amide bonds. The van der Waals surface area contributed by atoms with Crippen molar-refractivity contribution >= 4 is 0 Å². The molecule has 16 heavy (non-hydrogen) atoms. The Balaban J connectivity index is -0.000000000238. The molecule has 9 radical (unpaired) electrons. The minimum absolute atomic E-state index is 0. The number of rotatable bonds is 0. The topological polar surface area (TPSA) is 0 Å². The minimum atomic E-state index is 0. The van der Waals surface area contributed by atoms with Crippen LogP contribution in [0, 0.1) is 29.2 Å². The molecule has 0 saturated heterocycles. The van der Waals surface area contributed by atoms with Crippen molar-refractivity contribution in [1.82, 2.24) is 0 Å². The summed E-state index contributed by atoms with van der Waals surface area (Å²) in [5.74, 6) is 0. The maximum Gasteiger partial charge on any atom is 0 e. The molecular formula is C7H20Y9-4. The Hall–Kier alpha value is 9.94. The molecular weight excluding hydrogens is 884 g/mol. The maximum atomic E-state index is 3.25. The molecule has 0 aliphatic carbocycles. The van der Waals surface area contributed by atoms with Gasteiger partial charge in [-0.2, -0.15) is 6.92 Å². The van der Waals surface area contributed by atoms with E-state index >= 15 is 0 Å². The normalized spacial score (nSPS) is 0.750. The first-order valence-corrected chi connectivity index (χ1v) is 1.71. The van der Waals surface area contributed by atoms with Crippen molar-refractivity contribution in [3.05, 3.63) is 29.2 Å². The van der Waals surface area contributed by atoms with E-state index in [0.717, 1.165) is 0 Å². The van der Waals surface area contributed by atoms with Gasteiger partial charge in [-0.05, 0) is 0 Å². The van der Waals surface area contributed by atoms with Crippen LogP contribution in [0.25, 0.3) is 0 Å². The van der Waals surface area contributed by atoms with E-state index in [4.69, 9.17) is 0 Å². The number of hydrogen-bond acceptors (Lipinski definition) is 0. The summed E-state index contributed by atoms with van der Waals surface area (Å²) in [5, 5.41) is 0. The Morgan fingerprint density at radius 2 is 0.375 bits per heavy atom. The first-order chi connectivity index (χ1) is 2.00. The molecule has 0 aromatic rings. The van der Waals surface area contributed by atoms with Crippen LogP contribution in [0.1, 0.15) is 20.8 Å². The van der Waals surface area contributed by atoms with E-state index < -0.39 is 0 Å². The predicted molar refractivity (Wildman–Crippen MR) is 41.6 cm³/mol. The Bertz CT molecular complexity index is 15.8. The van der Waals surface area contributed by atoms with Gasteiger partial charge in [0.2, 0.25) is 0 Å². The second-order valence-electron chi connectivity index (χ2n) is 0. The largest absolute Gasteiger partial charge is 0.358 e. The average molecular weight is 904 g/mol. The zero-order chi connectivity index (χ0) is 4.00. The summed E-state index contributed by atoms with van der Waals surface area (Å²) in [7, 11) is 0. The third-order valence-electron chi connectivity index (χ3n) is 0. The standard InChI is InChI=1S/C2H6.C2H5.3CH3.9Y/c2*1-2;;;;;;;;;;;;/h1-2H3;1H2,2H3;3*1H3;;;;;;;;;/q;4*-1;;;;;;;;;. The van der Waals surface area contributed by atoms with Crippen LogP contribution in [-0.4, -0.2) is 0 Å². The molecule has 0 fully saturated rings. The quantitative estimate of drug-likeness (QED) is 0.329. The van der Waals surface area contributed by atoms with Gasteiger partial charge in [0.05, 0.1) is 0 Å². The van der Waals surface area contributed by atoms with Crippen molar-refractivity contribution in [2.45, 2.75) is 20.8 Å². The maximum absolute atomic E-state index is 3.25. The molecule has 0 unspecified atom stereocenters. The first kappa shape index (κ1) is 113. The van der Waals surface area contributed by atoms with Crippen molar-refractivity contribution in [2.24, 2.45) is 0 Å². The first-order valence-electron chi connectivity index (χ1n) is 1.71.